The van der Waals surface area contributed by atoms with Gasteiger partial charge in [0.05, 0.1) is 11.5 Å². The summed E-state index contributed by atoms with van der Waals surface area (Å²) in [5.74, 6) is 0. The van der Waals surface area contributed by atoms with Gasteiger partial charge in [-0.25, -0.2) is 0 Å². The van der Waals surface area contributed by atoms with E-state index in [0.29, 0.717) is 5.57 Å². The maximum absolute atomic E-state index is 10.3. The van der Waals surface area contributed by atoms with E-state index in [1.165, 1.54) is 0 Å². The molecule has 5 heteroatoms. The number of rotatable bonds is 3. The lowest BCUT2D eigenvalue weighted by atomic mass is 10.3. The zero-order valence-electron chi connectivity index (χ0n) is 5.62. The van der Waals surface area contributed by atoms with Crippen molar-refractivity contribution in [2.75, 3.05) is 6.16 Å². The second kappa shape index (κ2) is 3.54. The van der Waals surface area contributed by atoms with Crippen molar-refractivity contribution in [2.24, 2.45) is 0 Å². The summed E-state index contributed by atoms with van der Waals surface area (Å²) in [5, 5.41) is -0.624. The number of alkyl halides is 1. The molecule has 0 fully saturated rings. The molecule has 0 aliphatic carbocycles. The van der Waals surface area contributed by atoms with Gasteiger partial charge < -0.3 is 9.79 Å². The topological polar surface area (TPSA) is 57.5 Å². The molecule has 2 N–H and O–H groups in total. The Morgan fingerprint density at radius 1 is 1.80 bits per heavy atom. The molecule has 0 rings (SSSR count). The minimum Gasteiger partial charge on any atom is -0.324 e. The summed E-state index contributed by atoms with van der Waals surface area (Å²) in [5.41, 5.74) is 0.574. The van der Waals surface area contributed by atoms with Crippen LogP contribution in [0.15, 0.2) is 12.2 Å². The lowest BCUT2D eigenvalue weighted by Crippen LogP contribution is -2.06. The standard InChI is InChI=1S/C5H10ClO3P/c1-4(2)5(6)3-10(7,8)9/h5H,1,3H2,2H3,(H2,7,8,9). The Morgan fingerprint density at radius 3 is 2.30 bits per heavy atom. The highest BCUT2D eigenvalue weighted by Crippen LogP contribution is 2.37. The molecule has 0 spiro atoms. The number of hydrogen-bond donors (Lipinski definition) is 2. The molecule has 0 bridgehead atoms. The molecular formula is C5H10ClO3P. The normalized spacial score (nSPS) is 14.8. The average Bonchev–Trinajstić information content (AvgIpc) is 1.60. The van der Waals surface area contributed by atoms with Gasteiger partial charge in [0.15, 0.2) is 0 Å². The molecule has 1 unspecified atom stereocenters. The Morgan fingerprint density at radius 2 is 2.20 bits per heavy atom. The molecule has 0 saturated heterocycles. The molecular weight excluding hydrogens is 174 g/mol. The van der Waals surface area contributed by atoms with E-state index in [9.17, 15) is 4.57 Å². The van der Waals surface area contributed by atoms with Crippen molar-refractivity contribution >= 4 is 19.2 Å². The van der Waals surface area contributed by atoms with Gasteiger partial charge in [0, 0.05) is 0 Å². The van der Waals surface area contributed by atoms with E-state index in [0.717, 1.165) is 0 Å². The number of allylic oxidation sites excluding steroid dienone is 1. The summed E-state index contributed by atoms with van der Waals surface area (Å²) in [6, 6.07) is 0. The second-order valence-electron chi connectivity index (χ2n) is 2.16. The maximum Gasteiger partial charge on any atom is 0.327 e. The van der Waals surface area contributed by atoms with Crippen LogP contribution < -0.4 is 0 Å². The van der Waals surface area contributed by atoms with Gasteiger partial charge in [-0.2, -0.15) is 0 Å². The first kappa shape index (κ1) is 10.2. The van der Waals surface area contributed by atoms with Crippen molar-refractivity contribution in [1.82, 2.24) is 0 Å². The molecule has 0 aliphatic rings. The highest BCUT2D eigenvalue weighted by molar-refractivity contribution is 7.51. The van der Waals surface area contributed by atoms with Gasteiger partial charge in [0.2, 0.25) is 0 Å². The van der Waals surface area contributed by atoms with E-state index >= 15 is 0 Å². The molecule has 0 aromatic heterocycles. The SMILES string of the molecule is C=C(C)C(Cl)CP(=O)(O)O. The Bertz CT molecular complexity index is 174. The zero-order chi connectivity index (χ0) is 8.36. The second-order valence-corrected chi connectivity index (χ2v) is 4.38. The van der Waals surface area contributed by atoms with E-state index in [4.69, 9.17) is 21.4 Å². The molecule has 0 aromatic carbocycles. The third-order valence-corrected chi connectivity index (χ3v) is 2.52. The van der Waals surface area contributed by atoms with Crippen LogP contribution in [0.1, 0.15) is 6.92 Å². The van der Waals surface area contributed by atoms with Crippen LogP contribution in [0.25, 0.3) is 0 Å². The minimum absolute atomic E-state index is 0.329. The third-order valence-electron chi connectivity index (χ3n) is 0.933. The van der Waals surface area contributed by atoms with Gasteiger partial charge in [-0.3, -0.25) is 4.57 Å². The monoisotopic (exact) mass is 184 g/mol. The third kappa shape index (κ3) is 5.00. The molecule has 10 heavy (non-hydrogen) atoms. The molecule has 3 nitrogen and oxygen atoms in total. The van der Waals surface area contributed by atoms with E-state index < -0.39 is 13.0 Å². The van der Waals surface area contributed by atoms with Crippen molar-refractivity contribution in [3.63, 3.8) is 0 Å². The summed E-state index contributed by atoms with van der Waals surface area (Å²) >= 11 is 5.51. The van der Waals surface area contributed by atoms with Gasteiger partial charge in [-0.1, -0.05) is 12.2 Å². The van der Waals surface area contributed by atoms with Crippen molar-refractivity contribution in [3.05, 3.63) is 12.2 Å². The van der Waals surface area contributed by atoms with Crippen LogP contribution >= 0.6 is 19.2 Å². The van der Waals surface area contributed by atoms with Gasteiger partial charge in [-0.05, 0) is 6.92 Å². The van der Waals surface area contributed by atoms with E-state index in [1.54, 1.807) is 6.92 Å². The number of halogens is 1. The fourth-order valence-electron chi connectivity index (χ4n) is 0.365. The Hall–Kier alpha value is 0.180. The molecule has 0 amide bonds. The quantitative estimate of drug-likeness (QED) is 0.396. The van der Waals surface area contributed by atoms with E-state index in [2.05, 4.69) is 6.58 Å². The Kier molecular flexibility index (Phi) is 3.60. The summed E-state index contributed by atoms with van der Waals surface area (Å²) in [6.07, 6.45) is -0.329. The van der Waals surface area contributed by atoms with Crippen LogP contribution in [-0.2, 0) is 4.57 Å². The van der Waals surface area contributed by atoms with Crippen LogP contribution in [-0.4, -0.2) is 21.3 Å². The summed E-state index contributed by atoms with van der Waals surface area (Å²) in [6.45, 7) is 5.10. The first-order valence-electron chi connectivity index (χ1n) is 2.67. The summed E-state index contributed by atoms with van der Waals surface area (Å²) in [4.78, 5) is 16.8. The van der Waals surface area contributed by atoms with Gasteiger partial charge >= 0.3 is 7.60 Å². The maximum atomic E-state index is 10.3. The van der Waals surface area contributed by atoms with Crippen LogP contribution in [0.2, 0.25) is 0 Å². The van der Waals surface area contributed by atoms with Crippen molar-refractivity contribution in [2.45, 2.75) is 12.3 Å². The first-order chi connectivity index (χ1) is 4.33. The molecule has 0 heterocycles. The fraction of sp³-hybridized carbons (Fsp3) is 0.600. The Balaban J connectivity index is 3.93. The average molecular weight is 185 g/mol. The van der Waals surface area contributed by atoms with Crippen molar-refractivity contribution in [3.8, 4) is 0 Å². The van der Waals surface area contributed by atoms with Crippen LogP contribution in [0.5, 0.6) is 0 Å². The lowest BCUT2D eigenvalue weighted by Gasteiger charge is -2.08. The lowest BCUT2D eigenvalue weighted by molar-refractivity contribution is 0.373. The Labute approximate surface area is 64.9 Å². The first-order valence-corrected chi connectivity index (χ1v) is 4.90. The minimum atomic E-state index is -3.97. The van der Waals surface area contributed by atoms with Gasteiger partial charge in [0.1, 0.15) is 0 Å². The van der Waals surface area contributed by atoms with Crippen LogP contribution in [0.4, 0.5) is 0 Å². The van der Waals surface area contributed by atoms with E-state index in [-0.39, 0.29) is 6.16 Å². The molecule has 0 radical (unpaired) electrons. The summed E-state index contributed by atoms with van der Waals surface area (Å²) in [7, 11) is -3.97. The molecule has 1 atom stereocenters. The summed E-state index contributed by atoms with van der Waals surface area (Å²) < 4.78 is 10.3. The zero-order valence-corrected chi connectivity index (χ0v) is 7.27. The number of hydrogen-bond acceptors (Lipinski definition) is 1. The van der Waals surface area contributed by atoms with Crippen LogP contribution in [0, 0.1) is 0 Å². The molecule has 0 aromatic rings. The van der Waals surface area contributed by atoms with Crippen LogP contribution in [0.3, 0.4) is 0 Å². The van der Waals surface area contributed by atoms with Crippen molar-refractivity contribution < 1.29 is 14.4 Å². The fourth-order valence-corrected chi connectivity index (χ4v) is 1.63. The highest BCUT2D eigenvalue weighted by Gasteiger charge is 2.19. The largest absolute Gasteiger partial charge is 0.327 e. The predicted molar refractivity (Wildman–Crippen MR) is 41.4 cm³/mol. The smallest absolute Gasteiger partial charge is 0.324 e. The molecule has 0 saturated carbocycles. The van der Waals surface area contributed by atoms with Gasteiger partial charge in [-0.15, -0.1) is 11.6 Å². The predicted octanol–water partition coefficient (Wildman–Crippen LogP) is 1.35. The van der Waals surface area contributed by atoms with Gasteiger partial charge in [0.25, 0.3) is 0 Å². The highest BCUT2D eigenvalue weighted by atomic mass is 35.5. The van der Waals surface area contributed by atoms with E-state index in [1.807, 2.05) is 0 Å². The van der Waals surface area contributed by atoms with Crippen molar-refractivity contribution in [1.29, 1.82) is 0 Å². The molecule has 60 valence electrons. The molecule has 0 aliphatic heterocycles.